The lowest BCUT2D eigenvalue weighted by atomic mass is 9.74. The number of carbonyl (C=O) groups excluding carboxylic acids is 2. The third kappa shape index (κ3) is 3.93. The molecule has 1 aromatic rings. The molecule has 148 valence electrons. The lowest BCUT2D eigenvalue weighted by Gasteiger charge is -2.39. The Morgan fingerprint density at radius 2 is 1.93 bits per heavy atom. The Hall–Kier alpha value is -1.76. The molecule has 7 heteroatoms. The van der Waals surface area contributed by atoms with Crippen LogP contribution in [0.5, 0.6) is 5.75 Å². The highest BCUT2D eigenvalue weighted by molar-refractivity contribution is 9.08. The summed E-state index contributed by atoms with van der Waals surface area (Å²) < 4.78 is 16.3. The number of esters is 1. The van der Waals surface area contributed by atoms with Gasteiger partial charge < -0.3 is 19.1 Å². The number of hydrogen-bond acceptors (Lipinski definition) is 5. The standard InChI is InChI=1S/C20H26BrNO5/c1-19(2,3)27-18(24)22-7-5-20(6-8-22)12-26-16-10-14(17(23)25-4)13(11-21)9-15(16)20/h9-10H,5-8,11-12H2,1-4H3. The summed E-state index contributed by atoms with van der Waals surface area (Å²) in [6.45, 7) is 7.44. The molecule has 0 N–H and O–H groups in total. The van der Waals surface area contributed by atoms with Gasteiger partial charge in [0, 0.05) is 29.4 Å². The number of halogens is 1. The fraction of sp³-hybridized carbons (Fsp3) is 0.600. The first-order valence-corrected chi connectivity index (χ1v) is 10.2. The number of piperidine rings is 1. The number of nitrogens with zero attached hydrogens (tertiary/aromatic N) is 1. The molecule has 1 amide bonds. The zero-order chi connectivity index (χ0) is 19.8. The van der Waals surface area contributed by atoms with Crippen LogP contribution in [0, 0.1) is 0 Å². The van der Waals surface area contributed by atoms with Crippen molar-refractivity contribution in [2.24, 2.45) is 0 Å². The van der Waals surface area contributed by atoms with E-state index in [2.05, 4.69) is 15.9 Å². The van der Waals surface area contributed by atoms with Crippen LogP contribution in [-0.2, 0) is 20.2 Å². The highest BCUT2D eigenvalue weighted by atomic mass is 79.9. The first-order valence-electron chi connectivity index (χ1n) is 9.11. The van der Waals surface area contributed by atoms with Gasteiger partial charge in [0.1, 0.15) is 11.4 Å². The zero-order valence-corrected chi connectivity index (χ0v) is 17.8. The zero-order valence-electron chi connectivity index (χ0n) is 16.3. The summed E-state index contributed by atoms with van der Waals surface area (Å²) in [5.41, 5.74) is 1.91. The minimum absolute atomic E-state index is 0.126. The normalized spacial score (nSPS) is 18.0. The van der Waals surface area contributed by atoms with Crippen LogP contribution in [0.15, 0.2) is 12.1 Å². The predicted octanol–water partition coefficient (Wildman–Crippen LogP) is 4.03. The Morgan fingerprint density at radius 1 is 1.26 bits per heavy atom. The Kier molecular flexibility index (Phi) is 5.43. The fourth-order valence-electron chi connectivity index (χ4n) is 3.72. The molecule has 1 fully saturated rings. The molecule has 0 unspecified atom stereocenters. The average Bonchev–Trinajstić information content (AvgIpc) is 2.96. The number of rotatable bonds is 2. The minimum atomic E-state index is -0.496. The van der Waals surface area contributed by atoms with Gasteiger partial charge in [0.05, 0.1) is 19.3 Å². The Morgan fingerprint density at radius 3 is 2.48 bits per heavy atom. The van der Waals surface area contributed by atoms with E-state index in [4.69, 9.17) is 14.2 Å². The van der Waals surface area contributed by atoms with Crippen LogP contribution in [0.3, 0.4) is 0 Å². The molecule has 27 heavy (non-hydrogen) atoms. The molecule has 6 nitrogen and oxygen atoms in total. The summed E-state index contributed by atoms with van der Waals surface area (Å²) >= 11 is 3.47. The van der Waals surface area contributed by atoms with Gasteiger partial charge in [-0.25, -0.2) is 9.59 Å². The highest BCUT2D eigenvalue weighted by Gasteiger charge is 2.45. The van der Waals surface area contributed by atoms with E-state index in [1.807, 2.05) is 26.8 Å². The SMILES string of the molecule is COC(=O)c1cc2c(cc1CBr)C1(CCN(C(=O)OC(C)(C)C)CC1)CO2. The molecule has 0 atom stereocenters. The summed E-state index contributed by atoms with van der Waals surface area (Å²) in [6.07, 6.45) is 1.34. The lowest BCUT2D eigenvalue weighted by molar-refractivity contribution is 0.0152. The number of fused-ring (bicyclic) bond motifs is 2. The smallest absolute Gasteiger partial charge is 0.410 e. The van der Waals surface area contributed by atoms with Gasteiger partial charge in [0.15, 0.2) is 0 Å². The number of methoxy groups -OCH3 is 1. The highest BCUT2D eigenvalue weighted by Crippen LogP contribution is 2.47. The number of carbonyl (C=O) groups is 2. The minimum Gasteiger partial charge on any atom is -0.492 e. The van der Waals surface area contributed by atoms with E-state index in [1.54, 1.807) is 11.0 Å². The van der Waals surface area contributed by atoms with Crippen LogP contribution in [0.2, 0.25) is 0 Å². The number of benzene rings is 1. The lowest BCUT2D eigenvalue weighted by Crippen LogP contribution is -2.47. The largest absolute Gasteiger partial charge is 0.492 e. The summed E-state index contributed by atoms with van der Waals surface area (Å²) in [5, 5.41) is 0.560. The first-order chi connectivity index (χ1) is 12.7. The molecule has 3 rings (SSSR count). The first kappa shape index (κ1) is 20.0. The van der Waals surface area contributed by atoms with Crippen LogP contribution >= 0.6 is 15.9 Å². The van der Waals surface area contributed by atoms with E-state index < -0.39 is 5.60 Å². The molecule has 0 radical (unpaired) electrons. The molecule has 0 aromatic heterocycles. The van der Waals surface area contributed by atoms with Crippen molar-refractivity contribution in [3.63, 3.8) is 0 Å². The Bertz CT molecular complexity index is 747. The summed E-state index contributed by atoms with van der Waals surface area (Å²) in [7, 11) is 1.38. The third-order valence-corrected chi connectivity index (χ3v) is 5.81. The molecular formula is C20H26BrNO5. The van der Waals surface area contributed by atoms with E-state index in [9.17, 15) is 9.59 Å². The topological polar surface area (TPSA) is 65.1 Å². The Balaban J connectivity index is 1.80. The Labute approximate surface area is 168 Å². The molecule has 0 bridgehead atoms. The van der Waals surface area contributed by atoms with Crippen molar-refractivity contribution in [2.45, 2.75) is 50.0 Å². The van der Waals surface area contributed by atoms with Crippen molar-refractivity contribution in [3.05, 3.63) is 28.8 Å². The average molecular weight is 440 g/mol. The van der Waals surface area contributed by atoms with Gasteiger partial charge in [0.25, 0.3) is 0 Å². The van der Waals surface area contributed by atoms with Crippen molar-refractivity contribution in [2.75, 3.05) is 26.8 Å². The molecule has 1 aromatic carbocycles. The molecular weight excluding hydrogens is 414 g/mol. The number of ether oxygens (including phenoxy) is 3. The summed E-state index contributed by atoms with van der Waals surface area (Å²) in [4.78, 5) is 26.1. The number of alkyl halides is 1. The molecule has 1 saturated heterocycles. The van der Waals surface area contributed by atoms with Gasteiger partial charge in [-0.3, -0.25) is 0 Å². The van der Waals surface area contributed by atoms with Crippen LogP contribution in [0.25, 0.3) is 0 Å². The number of likely N-dealkylation sites (tertiary alicyclic amines) is 1. The number of hydrogen-bond donors (Lipinski definition) is 0. The van der Waals surface area contributed by atoms with Crippen LogP contribution in [0.1, 0.15) is 55.1 Å². The number of amides is 1. The van der Waals surface area contributed by atoms with E-state index in [0.29, 0.717) is 30.6 Å². The maximum absolute atomic E-state index is 12.3. The molecule has 0 saturated carbocycles. The maximum Gasteiger partial charge on any atom is 0.410 e. The summed E-state index contributed by atoms with van der Waals surface area (Å²) in [6, 6.07) is 3.83. The third-order valence-electron chi connectivity index (χ3n) is 5.20. The van der Waals surface area contributed by atoms with Gasteiger partial charge in [-0.1, -0.05) is 15.9 Å². The second-order valence-corrected chi connectivity index (χ2v) is 8.73. The van der Waals surface area contributed by atoms with Gasteiger partial charge in [0.2, 0.25) is 0 Å². The van der Waals surface area contributed by atoms with Crippen LogP contribution < -0.4 is 4.74 Å². The predicted molar refractivity (Wildman–Crippen MR) is 105 cm³/mol. The fourth-order valence-corrected chi connectivity index (χ4v) is 4.18. The molecule has 2 aliphatic heterocycles. The molecule has 0 aliphatic carbocycles. The van der Waals surface area contributed by atoms with Gasteiger partial charge in [-0.05, 0) is 51.3 Å². The van der Waals surface area contributed by atoms with Gasteiger partial charge in [-0.15, -0.1) is 0 Å². The molecule has 2 heterocycles. The van der Waals surface area contributed by atoms with Gasteiger partial charge >= 0.3 is 12.1 Å². The van der Waals surface area contributed by atoms with E-state index in [0.717, 1.165) is 29.7 Å². The second-order valence-electron chi connectivity index (χ2n) is 8.17. The van der Waals surface area contributed by atoms with Crippen molar-refractivity contribution < 1.29 is 23.8 Å². The molecule has 2 aliphatic rings. The quantitative estimate of drug-likeness (QED) is 0.513. The van der Waals surface area contributed by atoms with Crippen LogP contribution in [-0.4, -0.2) is 49.4 Å². The van der Waals surface area contributed by atoms with Crippen molar-refractivity contribution in [1.82, 2.24) is 4.90 Å². The van der Waals surface area contributed by atoms with Crippen molar-refractivity contribution in [3.8, 4) is 5.75 Å². The van der Waals surface area contributed by atoms with E-state index in [1.165, 1.54) is 7.11 Å². The second kappa shape index (κ2) is 7.34. The van der Waals surface area contributed by atoms with E-state index in [-0.39, 0.29) is 17.5 Å². The van der Waals surface area contributed by atoms with Crippen LogP contribution in [0.4, 0.5) is 4.79 Å². The van der Waals surface area contributed by atoms with E-state index >= 15 is 0 Å². The monoisotopic (exact) mass is 439 g/mol. The molecule has 1 spiro atoms. The van der Waals surface area contributed by atoms with Crippen molar-refractivity contribution in [1.29, 1.82) is 0 Å². The van der Waals surface area contributed by atoms with Crippen molar-refractivity contribution >= 4 is 28.0 Å². The maximum atomic E-state index is 12.3. The van der Waals surface area contributed by atoms with Gasteiger partial charge in [-0.2, -0.15) is 0 Å². The summed E-state index contributed by atoms with van der Waals surface area (Å²) in [5.74, 6) is 0.377.